The second-order valence-electron chi connectivity index (χ2n) is 6.59. The standard InChI is InChI=1S/C20H22FN5O/c21-17-3-1-16(2-4-17)19-18(15-5-7-22-8-6-15)20(24-23-19)26-11-9-25(10-12-26)13-14-27/h1-8,27H,9-14H2,(H,23,24). The van der Waals surface area contributed by atoms with Crippen LogP contribution in [0.3, 0.4) is 0 Å². The van der Waals surface area contributed by atoms with Gasteiger partial charge in [0.2, 0.25) is 0 Å². The van der Waals surface area contributed by atoms with Crippen molar-refractivity contribution in [3.63, 3.8) is 0 Å². The number of halogens is 1. The summed E-state index contributed by atoms with van der Waals surface area (Å²) in [5, 5.41) is 16.9. The first-order chi connectivity index (χ1) is 13.3. The van der Waals surface area contributed by atoms with Gasteiger partial charge in [-0.15, -0.1) is 0 Å². The number of β-amino-alcohol motifs (C(OH)–C–C–N with tert-alkyl or cyclic N) is 1. The zero-order valence-electron chi connectivity index (χ0n) is 15.0. The van der Waals surface area contributed by atoms with Gasteiger partial charge in [0.15, 0.2) is 5.82 Å². The highest BCUT2D eigenvalue weighted by atomic mass is 19.1. The molecule has 1 saturated heterocycles. The minimum atomic E-state index is -0.260. The third kappa shape index (κ3) is 3.70. The van der Waals surface area contributed by atoms with E-state index in [1.807, 2.05) is 12.1 Å². The summed E-state index contributed by atoms with van der Waals surface area (Å²) in [5.41, 5.74) is 3.78. The number of anilines is 1. The molecular weight excluding hydrogens is 345 g/mol. The molecule has 0 radical (unpaired) electrons. The number of nitrogens with zero attached hydrogens (tertiary/aromatic N) is 4. The monoisotopic (exact) mass is 367 g/mol. The lowest BCUT2D eigenvalue weighted by Gasteiger charge is -2.35. The second kappa shape index (κ2) is 7.85. The van der Waals surface area contributed by atoms with E-state index < -0.39 is 0 Å². The van der Waals surface area contributed by atoms with E-state index in [1.165, 1.54) is 12.1 Å². The summed E-state index contributed by atoms with van der Waals surface area (Å²) < 4.78 is 13.4. The van der Waals surface area contributed by atoms with Crippen LogP contribution in [0.15, 0.2) is 48.8 Å². The van der Waals surface area contributed by atoms with Crippen LogP contribution in [0.25, 0.3) is 22.4 Å². The van der Waals surface area contributed by atoms with Crippen LogP contribution >= 0.6 is 0 Å². The summed E-state index contributed by atoms with van der Waals surface area (Å²) in [6.45, 7) is 4.33. The molecule has 6 nitrogen and oxygen atoms in total. The van der Waals surface area contributed by atoms with Gasteiger partial charge >= 0.3 is 0 Å². The normalized spacial score (nSPS) is 15.3. The van der Waals surface area contributed by atoms with Gasteiger partial charge in [-0.25, -0.2) is 4.39 Å². The van der Waals surface area contributed by atoms with Crippen molar-refractivity contribution in [3.8, 4) is 22.4 Å². The number of aromatic amines is 1. The Bertz CT molecular complexity index is 873. The van der Waals surface area contributed by atoms with Crippen molar-refractivity contribution >= 4 is 5.82 Å². The van der Waals surface area contributed by atoms with Crippen LogP contribution in [0, 0.1) is 5.82 Å². The highest BCUT2D eigenvalue weighted by Gasteiger charge is 2.24. The van der Waals surface area contributed by atoms with Crippen molar-refractivity contribution in [1.29, 1.82) is 0 Å². The Balaban J connectivity index is 1.71. The third-order valence-corrected chi connectivity index (χ3v) is 4.94. The number of aliphatic hydroxyl groups excluding tert-OH is 1. The van der Waals surface area contributed by atoms with Crippen LogP contribution < -0.4 is 4.90 Å². The average molecular weight is 367 g/mol. The van der Waals surface area contributed by atoms with E-state index in [1.54, 1.807) is 24.5 Å². The summed E-state index contributed by atoms with van der Waals surface area (Å²) in [4.78, 5) is 8.62. The lowest BCUT2D eigenvalue weighted by Crippen LogP contribution is -2.47. The number of hydrogen-bond acceptors (Lipinski definition) is 5. The summed E-state index contributed by atoms with van der Waals surface area (Å²) >= 11 is 0. The molecule has 3 heterocycles. The third-order valence-electron chi connectivity index (χ3n) is 4.94. The predicted molar refractivity (Wildman–Crippen MR) is 103 cm³/mol. The van der Waals surface area contributed by atoms with Gasteiger partial charge in [0.1, 0.15) is 5.82 Å². The van der Waals surface area contributed by atoms with Crippen LogP contribution in [0.4, 0.5) is 10.2 Å². The molecule has 0 amide bonds. The van der Waals surface area contributed by atoms with Crippen LogP contribution in [-0.4, -0.2) is 64.5 Å². The second-order valence-corrected chi connectivity index (χ2v) is 6.59. The topological polar surface area (TPSA) is 68.3 Å². The molecule has 140 valence electrons. The average Bonchev–Trinajstić information content (AvgIpc) is 3.15. The number of aliphatic hydroxyl groups is 1. The molecule has 1 aliphatic rings. The smallest absolute Gasteiger partial charge is 0.159 e. The Morgan fingerprint density at radius 2 is 1.67 bits per heavy atom. The molecule has 27 heavy (non-hydrogen) atoms. The molecule has 2 N–H and O–H groups in total. The van der Waals surface area contributed by atoms with Gasteiger partial charge in [-0.3, -0.25) is 15.0 Å². The van der Waals surface area contributed by atoms with Crippen molar-refractivity contribution in [2.24, 2.45) is 0 Å². The molecule has 0 bridgehead atoms. The molecule has 3 aromatic rings. The maximum atomic E-state index is 13.4. The van der Waals surface area contributed by atoms with Gasteiger partial charge in [-0.2, -0.15) is 5.10 Å². The molecule has 0 aliphatic carbocycles. The number of rotatable bonds is 5. The van der Waals surface area contributed by atoms with Crippen LogP contribution in [-0.2, 0) is 0 Å². The Morgan fingerprint density at radius 3 is 2.33 bits per heavy atom. The molecule has 2 aromatic heterocycles. The zero-order valence-corrected chi connectivity index (χ0v) is 15.0. The first-order valence-corrected chi connectivity index (χ1v) is 9.09. The van der Waals surface area contributed by atoms with Gasteiger partial charge in [-0.1, -0.05) is 0 Å². The van der Waals surface area contributed by atoms with Crippen molar-refractivity contribution in [3.05, 3.63) is 54.6 Å². The largest absolute Gasteiger partial charge is 0.395 e. The van der Waals surface area contributed by atoms with E-state index in [2.05, 4.69) is 25.0 Å². The fraction of sp³-hybridized carbons (Fsp3) is 0.300. The number of aromatic nitrogens is 3. The van der Waals surface area contributed by atoms with Gasteiger partial charge in [0.05, 0.1) is 17.9 Å². The molecule has 7 heteroatoms. The van der Waals surface area contributed by atoms with E-state index in [9.17, 15) is 4.39 Å². The minimum Gasteiger partial charge on any atom is -0.395 e. The number of pyridine rings is 1. The molecule has 1 fully saturated rings. The quantitative estimate of drug-likeness (QED) is 0.725. The fourth-order valence-corrected chi connectivity index (χ4v) is 3.50. The summed E-state index contributed by atoms with van der Waals surface area (Å²) in [7, 11) is 0. The molecular formula is C20H22FN5O. The van der Waals surface area contributed by atoms with E-state index in [0.29, 0.717) is 6.54 Å². The Kier molecular flexibility index (Phi) is 5.13. The van der Waals surface area contributed by atoms with Crippen LogP contribution in [0.2, 0.25) is 0 Å². The molecule has 4 rings (SSSR count). The highest BCUT2D eigenvalue weighted by molar-refractivity contribution is 5.89. The van der Waals surface area contributed by atoms with E-state index in [0.717, 1.165) is 54.4 Å². The summed E-state index contributed by atoms with van der Waals surface area (Å²) in [5.74, 6) is 0.633. The van der Waals surface area contributed by atoms with Gasteiger partial charge < -0.3 is 10.0 Å². The van der Waals surface area contributed by atoms with Crippen LogP contribution in [0.1, 0.15) is 0 Å². The first-order valence-electron chi connectivity index (χ1n) is 9.09. The first kappa shape index (κ1) is 17.6. The van der Waals surface area contributed by atoms with Crippen molar-refractivity contribution in [2.75, 3.05) is 44.2 Å². The molecule has 0 unspecified atom stereocenters. The van der Waals surface area contributed by atoms with Crippen molar-refractivity contribution in [2.45, 2.75) is 0 Å². The Morgan fingerprint density at radius 1 is 0.963 bits per heavy atom. The Labute approximate surface area is 157 Å². The maximum absolute atomic E-state index is 13.4. The lowest BCUT2D eigenvalue weighted by atomic mass is 10.0. The van der Waals surface area contributed by atoms with E-state index in [4.69, 9.17) is 5.11 Å². The van der Waals surface area contributed by atoms with Crippen molar-refractivity contribution < 1.29 is 9.50 Å². The molecule has 1 aliphatic heterocycles. The molecule has 0 atom stereocenters. The summed E-state index contributed by atoms with van der Waals surface area (Å²) in [6, 6.07) is 10.4. The van der Waals surface area contributed by atoms with Gasteiger partial charge in [-0.05, 0) is 42.0 Å². The van der Waals surface area contributed by atoms with Crippen molar-refractivity contribution in [1.82, 2.24) is 20.1 Å². The number of nitrogens with one attached hydrogen (secondary N) is 1. The lowest BCUT2D eigenvalue weighted by molar-refractivity contribution is 0.188. The number of piperazine rings is 1. The SMILES string of the molecule is OCCN1CCN(c2n[nH]c(-c3ccc(F)cc3)c2-c2ccncc2)CC1. The summed E-state index contributed by atoms with van der Waals surface area (Å²) in [6.07, 6.45) is 3.53. The molecule has 1 aromatic carbocycles. The minimum absolute atomic E-state index is 0.180. The van der Waals surface area contributed by atoms with E-state index in [-0.39, 0.29) is 12.4 Å². The van der Waals surface area contributed by atoms with Gasteiger partial charge in [0.25, 0.3) is 0 Å². The number of hydrogen-bond donors (Lipinski definition) is 2. The number of benzene rings is 1. The van der Waals surface area contributed by atoms with E-state index >= 15 is 0 Å². The molecule has 0 spiro atoms. The molecule has 0 saturated carbocycles. The zero-order chi connectivity index (χ0) is 18.6. The van der Waals surface area contributed by atoms with Crippen LogP contribution in [0.5, 0.6) is 0 Å². The highest BCUT2D eigenvalue weighted by Crippen LogP contribution is 2.38. The van der Waals surface area contributed by atoms with Gasteiger partial charge in [0, 0.05) is 50.7 Å². The predicted octanol–water partition coefficient (Wildman–Crippen LogP) is 2.39. The fourth-order valence-electron chi connectivity index (χ4n) is 3.50. The maximum Gasteiger partial charge on any atom is 0.159 e. The Hall–Kier alpha value is -2.77. The number of H-pyrrole nitrogens is 1.